The highest BCUT2D eigenvalue weighted by molar-refractivity contribution is 5.67. The van der Waals surface area contributed by atoms with Gasteiger partial charge in [0, 0.05) is 19.6 Å². The maximum Gasteiger partial charge on any atom is 0.303 e. The Kier molecular flexibility index (Phi) is 5.77. The van der Waals surface area contributed by atoms with Crippen molar-refractivity contribution in [2.45, 2.75) is 38.5 Å². The van der Waals surface area contributed by atoms with E-state index in [1.165, 1.54) is 0 Å². The summed E-state index contributed by atoms with van der Waals surface area (Å²) in [4.78, 5) is 10.8. The molecule has 2 atom stereocenters. The highest BCUT2D eigenvalue weighted by Crippen LogP contribution is 2.40. The maximum atomic E-state index is 10.8. The zero-order valence-corrected chi connectivity index (χ0v) is 9.64. The van der Waals surface area contributed by atoms with Gasteiger partial charge in [-0.05, 0) is 30.6 Å². The van der Waals surface area contributed by atoms with Crippen LogP contribution in [0, 0.1) is 17.8 Å². The van der Waals surface area contributed by atoms with Crippen LogP contribution in [0.15, 0.2) is 0 Å². The smallest absolute Gasteiger partial charge is 0.303 e. The average Bonchev–Trinajstić information content (AvgIpc) is 2.23. The van der Waals surface area contributed by atoms with Gasteiger partial charge in [0.2, 0.25) is 0 Å². The second-order valence-electron chi connectivity index (χ2n) is 4.74. The summed E-state index contributed by atoms with van der Waals surface area (Å²) in [5.41, 5.74) is 0. The molecule has 0 aromatic rings. The minimum absolute atomic E-state index is 0.130. The molecule has 0 radical (unpaired) electrons. The second kappa shape index (κ2) is 6.86. The Morgan fingerprint density at radius 3 is 1.94 bits per heavy atom. The van der Waals surface area contributed by atoms with E-state index in [2.05, 4.69) is 0 Å². The van der Waals surface area contributed by atoms with E-state index in [0.29, 0.717) is 24.7 Å². The molecule has 0 aromatic heterocycles. The lowest BCUT2D eigenvalue weighted by molar-refractivity contribution is -0.139. The van der Waals surface area contributed by atoms with Crippen LogP contribution in [0.4, 0.5) is 0 Å². The van der Waals surface area contributed by atoms with Crippen LogP contribution in [0.1, 0.15) is 38.5 Å². The van der Waals surface area contributed by atoms with Gasteiger partial charge in [0.05, 0.1) is 0 Å². The van der Waals surface area contributed by atoms with Crippen LogP contribution < -0.4 is 0 Å². The van der Waals surface area contributed by atoms with Crippen LogP contribution in [0.5, 0.6) is 0 Å². The molecule has 3 N–H and O–H groups in total. The molecule has 0 aromatic carbocycles. The number of rotatable bonds is 6. The molecule has 4 heteroatoms. The zero-order valence-electron chi connectivity index (χ0n) is 9.64. The lowest BCUT2D eigenvalue weighted by atomic mass is 9.68. The highest BCUT2D eigenvalue weighted by atomic mass is 16.4. The topological polar surface area (TPSA) is 77.8 Å². The van der Waals surface area contributed by atoms with Crippen molar-refractivity contribution in [3.63, 3.8) is 0 Å². The van der Waals surface area contributed by atoms with Gasteiger partial charge >= 0.3 is 5.97 Å². The van der Waals surface area contributed by atoms with Crippen molar-refractivity contribution >= 4 is 5.97 Å². The van der Waals surface area contributed by atoms with Crippen LogP contribution >= 0.6 is 0 Å². The van der Waals surface area contributed by atoms with Crippen LogP contribution in [-0.2, 0) is 4.79 Å². The Hall–Kier alpha value is -0.610. The summed E-state index contributed by atoms with van der Waals surface area (Å²) in [5.74, 6) is -0.0128. The maximum absolute atomic E-state index is 10.8. The third kappa shape index (κ3) is 3.76. The van der Waals surface area contributed by atoms with E-state index in [1.807, 2.05) is 0 Å². The average molecular weight is 230 g/mol. The van der Waals surface area contributed by atoms with Crippen molar-refractivity contribution in [2.75, 3.05) is 13.2 Å². The molecule has 1 aliphatic carbocycles. The minimum Gasteiger partial charge on any atom is -0.481 e. The van der Waals surface area contributed by atoms with Gasteiger partial charge in [-0.3, -0.25) is 4.79 Å². The predicted molar refractivity (Wildman–Crippen MR) is 60.0 cm³/mol. The molecule has 2 unspecified atom stereocenters. The molecule has 1 saturated carbocycles. The van der Waals surface area contributed by atoms with E-state index >= 15 is 0 Å². The summed E-state index contributed by atoms with van der Waals surface area (Å²) >= 11 is 0. The van der Waals surface area contributed by atoms with E-state index in [4.69, 9.17) is 15.3 Å². The van der Waals surface area contributed by atoms with Gasteiger partial charge in [-0.25, -0.2) is 0 Å². The minimum atomic E-state index is -0.766. The van der Waals surface area contributed by atoms with E-state index < -0.39 is 5.97 Å². The Labute approximate surface area is 96.3 Å². The van der Waals surface area contributed by atoms with Gasteiger partial charge in [-0.1, -0.05) is 19.3 Å². The SMILES string of the molecule is O=C(O)CC1C(CCO)CCCC1CCO. The summed E-state index contributed by atoms with van der Waals surface area (Å²) < 4.78 is 0. The fourth-order valence-electron chi connectivity index (χ4n) is 3.04. The first-order valence-electron chi connectivity index (χ1n) is 6.12. The number of hydrogen-bond donors (Lipinski definition) is 3. The Morgan fingerprint density at radius 1 is 1.06 bits per heavy atom. The summed E-state index contributed by atoms with van der Waals surface area (Å²) in [6.07, 6.45) is 4.68. The van der Waals surface area contributed by atoms with E-state index in [0.717, 1.165) is 19.3 Å². The molecule has 1 rings (SSSR count). The van der Waals surface area contributed by atoms with Crippen molar-refractivity contribution in [3.05, 3.63) is 0 Å². The molecule has 1 aliphatic rings. The summed E-state index contributed by atoms with van der Waals surface area (Å²) in [6, 6.07) is 0. The molecule has 0 amide bonds. The second-order valence-corrected chi connectivity index (χ2v) is 4.74. The first-order valence-corrected chi connectivity index (χ1v) is 6.12. The van der Waals surface area contributed by atoms with Crippen molar-refractivity contribution < 1.29 is 20.1 Å². The van der Waals surface area contributed by atoms with Gasteiger partial charge < -0.3 is 15.3 Å². The monoisotopic (exact) mass is 230 g/mol. The molecule has 94 valence electrons. The number of hydrogen-bond acceptors (Lipinski definition) is 3. The molecule has 0 aliphatic heterocycles. The summed E-state index contributed by atoms with van der Waals surface area (Å²) in [6.45, 7) is 0.263. The third-order valence-electron chi connectivity index (χ3n) is 3.77. The Bertz CT molecular complexity index is 199. The molecule has 0 spiro atoms. The van der Waals surface area contributed by atoms with E-state index in [9.17, 15) is 4.79 Å². The Balaban J connectivity index is 2.63. The predicted octanol–water partition coefficient (Wildman–Crippen LogP) is 1.26. The van der Waals surface area contributed by atoms with Gasteiger partial charge in [-0.15, -0.1) is 0 Å². The largest absolute Gasteiger partial charge is 0.481 e. The van der Waals surface area contributed by atoms with Crippen molar-refractivity contribution in [2.24, 2.45) is 17.8 Å². The van der Waals surface area contributed by atoms with Crippen molar-refractivity contribution in [1.82, 2.24) is 0 Å². The molecule has 0 bridgehead atoms. The fraction of sp³-hybridized carbons (Fsp3) is 0.917. The molecular weight excluding hydrogens is 208 g/mol. The lowest BCUT2D eigenvalue weighted by Crippen LogP contribution is -2.31. The standard InChI is InChI=1S/C12H22O4/c13-6-4-9-2-1-3-10(5-7-14)11(9)8-12(15)16/h9-11,13-14H,1-8H2,(H,15,16). The highest BCUT2D eigenvalue weighted by Gasteiger charge is 2.33. The lowest BCUT2D eigenvalue weighted by Gasteiger charge is -2.37. The number of aliphatic hydroxyl groups is 2. The quantitative estimate of drug-likeness (QED) is 0.642. The van der Waals surface area contributed by atoms with Crippen LogP contribution in [0.3, 0.4) is 0 Å². The van der Waals surface area contributed by atoms with Crippen molar-refractivity contribution in [3.8, 4) is 0 Å². The van der Waals surface area contributed by atoms with E-state index in [1.54, 1.807) is 0 Å². The van der Waals surface area contributed by atoms with Gasteiger partial charge in [-0.2, -0.15) is 0 Å². The zero-order chi connectivity index (χ0) is 12.0. The number of aliphatic hydroxyl groups excluding tert-OH is 2. The molecule has 16 heavy (non-hydrogen) atoms. The summed E-state index contributed by atoms with van der Waals surface area (Å²) in [7, 11) is 0. The van der Waals surface area contributed by atoms with Crippen LogP contribution in [-0.4, -0.2) is 34.5 Å². The molecular formula is C12H22O4. The fourth-order valence-corrected chi connectivity index (χ4v) is 3.04. The molecule has 1 fully saturated rings. The number of aliphatic carboxylic acids is 1. The molecule has 0 heterocycles. The third-order valence-corrected chi connectivity index (χ3v) is 3.77. The number of carboxylic acid groups (broad SMARTS) is 1. The molecule has 4 nitrogen and oxygen atoms in total. The van der Waals surface area contributed by atoms with Crippen molar-refractivity contribution in [1.29, 1.82) is 0 Å². The number of carbonyl (C=O) groups is 1. The first kappa shape index (κ1) is 13.5. The first-order chi connectivity index (χ1) is 7.69. The Morgan fingerprint density at radius 2 is 1.56 bits per heavy atom. The van der Waals surface area contributed by atoms with Gasteiger partial charge in [0.1, 0.15) is 0 Å². The number of carboxylic acids is 1. The van der Waals surface area contributed by atoms with Crippen LogP contribution in [0.2, 0.25) is 0 Å². The van der Waals surface area contributed by atoms with Gasteiger partial charge in [0.15, 0.2) is 0 Å². The van der Waals surface area contributed by atoms with Crippen LogP contribution in [0.25, 0.3) is 0 Å². The van der Waals surface area contributed by atoms with E-state index in [-0.39, 0.29) is 25.6 Å². The summed E-state index contributed by atoms with van der Waals surface area (Å²) in [5, 5.41) is 26.9. The molecule has 0 saturated heterocycles. The normalized spacial score (nSPS) is 30.2. The van der Waals surface area contributed by atoms with Gasteiger partial charge in [0.25, 0.3) is 0 Å².